The Morgan fingerprint density at radius 3 is 2.53 bits per heavy atom. The maximum absolute atomic E-state index is 12.3. The van der Waals surface area contributed by atoms with Crippen molar-refractivity contribution in [3.05, 3.63) is 65.0 Å². The van der Waals surface area contributed by atoms with E-state index in [4.69, 9.17) is 4.74 Å². The van der Waals surface area contributed by atoms with Gasteiger partial charge in [0.1, 0.15) is 5.75 Å². The molecule has 1 heterocycles. The van der Waals surface area contributed by atoms with Crippen molar-refractivity contribution in [3.63, 3.8) is 0 Å². The number of aromatic nitrogens is 3. The number of amides is 1. The van der Waals surface area contributed by atoms with E-state index in [1.165, 1.54) is 22.9 Å². The first kappa shape index (κ1) is 21.9. The van der Waals surface area contributed by atoms with Crippen molar-refractivity contribution in [1.82, 2.24) is 14.8 Å². The molecule has 1 unspecified atom stereocenters. The minimum atomic E-state index is -0.256. The van der Waals surface area contributed by atoms with Gasteiger partial charge in [0.05, 0.1) is 5.75 Å². The highest BCUT2D eigenvalue weighted by Gasteiger charge is 2.18. The van der Waals surface area contributed by atoms with Gasteiger partial charge in [-0.1, -0.05) is 36.9 Å². The number of hydrogen-bond acceptors (Lipinski definition) is 5. The van der Waals surface area contributed by atoms with Crippen molar-refractivity contribution < 1.29 is 9.53 Å². The minimum Gasteiger partial charge on any atom is -0.483 e. The summed E-state index contributed by atoms with van der Waals surface area (Å²) >= 11 is 1.35. The molecule has 0 aliphatic heterocycles. The van der Waals surface area contributed by atoms with Crippen LogP contribution in [0, 0.1) is 13.8 Å². The normalized spacial score (nSPS) is 11.9. The third-order valence-electron chi connectivity index (χ3n) is 5.00. The monoisotopic (exact) mass is 424 g/mol. The summed E-state index contributed by atoms with van der Waals surface area (Å²) in [6, 6.07) is 14.0. The van der Waals surface area contributed by atoms with E-state index >= 15 is 0 Å². The van der Waals surface area contributed by atoms with Crippen LogP contribution in [0.3, 0.4) is 0 Å². The topological polar surface area (TPSA) is 69.0 Å². The largest absolute Gasteiger partial charge is 0.483 e. The van der Waals surface area contributed by atoms with Crippen molar-refractivity contribution in [1.29, 1.82) is 0 Å². The summed E-state index contributed by atoms with van der Waals surface area (Å²) in [6.45, 7) is 8.15. The van der Waals surface area contributed by atoms with Gasteiger partial charge in [0.2, 0.25) is 5.91 Å². The zero-order chi connectivity index (χ0) is 21.7. The maximum Gasteiger partial charge on any atom is 0.234 e. The van der Waals surface area contributed by atoms with E-state index < -0.39 is 0 Å². The molecule has 0 spiro atoms. The average molecular weight is 425 g/mol. The third-order valence-corrected chi connectivity index (χ3v) is 6.02. The van der Waals surface area contributed by atoms with Crippen molar-refractivity contribution in [3.8, 4) is 5.75 Å². The van der Waals surface area contributed by atoms with E-state index in [1.807, 2.05) is 62.7 Å². The molecule has 3 aromatic rings. The molecule has 0 bridgehead atoms. The van der Waals surface area contributed by atoms with E-state index in [-0.39, 0.29) is 17.8 Å². The minimum absolute atomic E-state index is 0.0758. The van der Waals surface area contributed by atoms with Crippen LogP contribution in [0.4, 0.5) is 5.69 Å². The van der Waals surface area contributed by atoms with Crippen LogP contribution >= 0.6 is 11.8 Å². The van der Waals surface area contributed by atoms with E-state index in [9.17, 15) is 4.79 Å². The molecule has 6 nitrogen and oxygen atoms in total. The fourth-order valence-corrected chi connectivity index (χ4v) is 3.73. The van der Waals surface area contributed by atoms with Gasteiger partial charge in [-0.15, -0.1) is 10.2 Å². The van der Waals surface area contributed by atoms with Crippen LogP contribution in [0.25, 0.3) is 0 Å². The van der Waals surface area contributed by atoms with Gasteiger partial charge in [0.25, 0.3) is 0 Å². The fourth-order valence-electron chi connectivity index (χ4n) is 3.01. The smallest absolute Gasteiger partial charge is 0.234 e. The van der Waals surface area contributed by atoms with E-state index in [1.54, 1.807) is 0 Å². The molecule has 158 valence electrons. The molecular formula is C23H28N4O2S. The molecule has 30 heavy (non-hydrogen) atoms. The summed E-state index contributed by atoms with van der Waals surface area (Å²) in [4.78, 5) is 12.3. The van der Waals surface area contributed by atoms with Crippen LogP contribution in [0.15, 0.2) is 47.6 Å². The second-order valence-electron chi connectivity index (χ2n) is 7.29. The Labute approximate surface area is 182 Å². The lowest BCUT2D eigenvalue weighted by atomic mass is 10.1. The van der Waals surface area contributed by atoms with E-state index in [2.05, 4.69) is 34.6 Å². The number of benzene rings is 2. The summed E-state index contributed by atoms with van der Waals surface area (Å²) in [5.41, 5.74) is 4.42. The van der Waals surface area contributed by atoms with Gasteiger partial charge in [-0.3, -0.25) is 4.79 Å². The summed E-state index contributed by atoms with van der Waals surface area (Å²) in [6.07, 6.45) is 0.741. The Hall–Kier alpha value is -2.80. The van der Waals surface area contributed by atoms with E-state index in [0.717, 1.165) is 23.4 Å². The molecular weight excluding hydrogens is 396 g/mol. The van der Waals surface area contributed by atoms with Crippen LogP contribution < -0.4 is 10.1 Å². The molecule has 1 atom stereocenters. The lowest BCUT2D eigenvalue weighted by Crippen LogP contribution is -2.15. The van der Waals surface area contributed by atoms with Crippen LogP contribution in [0.1, 0.15) is 42.5 Å². The second-order valence-corrected chi connectivity index (χ2v) is 8.24. The van der Waals surface area contributed by atoms with Gasteiger partial charge in [0.15, 0.2) is 17.1 Å². The Morgan fingerprint density at radius 2 is 1.87 bits per heavy atom. The highest BCUT2D eigenvalue weighted by molar-refractivity contribution is 7.99. The van der Waals surface area contributed by atoms with Gasteiger partial charge in [-0.05, 0) is 68.1 Å². The maximum atomic E-state index is 12.3. The van der Waals surface area contributed by atoms with Gasteiger partial charge in [0, 0.05) is 12.7 Å². The van der Waals surface area contributed by atoms with Crippen molar-refractivity contribution >= 4 is 23.4 Å². The van der Waals surface area contributed by atoms with Crippen molar-refractivity contribution in [2.24, 2.45) is 7.05 Å². The molecule has 3 rings (SSSR count). The molecule has 0 saturated carbocycles. The van der Waals surface area contributed by atoms with E-state index in [0.29, 0.717) is 11.0 Å². The number of carbonyl (C=O) groups is 1. The first-order chi connectivity index (χ1) is 14.4. The van der Waals surface area contributed by atoms with Gasteiger partial charge >= 0.3 is 0 Å². The molecule has 1 aromatic heterocycles. The summed E-state index contributed by atoms with van der Waals surface area (Å²) in [5.74, 6) is 1.69. The Bertz CT molecular complexity index is 1010. The van der Waals surface area contributed by atoms with Crippen LogP contribution in [-0.4, -0.2) is 26.4 Å². The Morgan fingerprint density at radius 1 is 1.13 bits per heavy atom. The second kappa shape index (κ2) is 9.80. The zero-order valence-corrected chi connectivity index (χ0v) is 18.9. The first-order valence-electron chi connectivity index (χ1n) is 10.0. The summed E-state index contributed by atoms with van der Waals surface area (Å²) in [5, 5.41) is 12.1. The Balaban J connectivity index is 1.57. The highest BCUT2D eigenvalue weighted by Crippen LogP contribution is 2.24. The number of nitrogens with one attached hydrogen (secondary N) is 1. The van der Waals surface area contributed by atoms with Crippen molar-refractivity contribution in [2.75, 3.05) is 11.1 Å². The number of hydrogen-bond donors (Lipinski definition) is 1. The Kier molecular flexibility index (Phi) is 7.15. The zero-order valence-electron chi connectivity index (χ0n) is 18.1. The molecule has 0 aliphatic rings. The lowest BCUT2D eigenvalue weighted by Gasteiger charge is -2.14. The number of rotatable bonds is 8. The molecule has 0 fully saturated rings. The molecule has 1 amide bonds. The third kappa shape index (κ3) is 5.42. The number of nitrogens with zero attached hydrogens (tertiary/aromatic N) is 3. The molecule has 0 radical (unpaired) electrons. The van der Waals surface area contributed by atoms with Gasteiger partial charge < -0.3 is 14.6 Å². The SMILES string of the molecule is CCc1ccc(OC(C)c2nnc(SCC(=O)Nc3ccc(C)c(C)c3)n2C)cc1. The standard InChI is InChI=1S/C23H28N4O2S/c1-6-18-8-11-20(12-9-18)29-17(4)22-25-26-23(27(22)5)30-14-21(28)24-19-10-7-15(2)16(3)13-19/h7-13,17H,6,14H2,1-5H3,(H,24,28). The molecule has 1 N–H and O–H groups in total. The predicted molar refractivity (Wildman–Crippen MR) is 121 cm³/mol. The first-order valence-corrected chi connectivity index (χ1v) is 11.0. The van der Waals surface area contributed by atoms with Crippen LogP contribution in [0.5, 0.6) is 5.75 Å². The molecule has 0 aliphatic carbocycles. The van der Waals surface area contributed by atoms with Crippen LogP contribution in [0.2, 0.25) is 0 Å². The molecule has 0 saturated heterocycles. The number of ether oxygens (including phenoxy) is 1. The average Bonchev–Trinajstić information content (AvgIpc) is 3.10. The highest BCUT2D eigenvalue weighted by atomic mass is 32.2. The molecule has 2 aromatic carbocycles. The quantitative estimate of drug-likeness (QED) is 0.523. The number of aryl methyl sites for hydroxylation is 3. The number of thioether (sulfide) groups is 1. The van der Waals surface area contributed by atoms with Gasteiger partial charge in [-0.25, -0.2) is 0 Å². The fraction of sp³-hybridized carbons (Fsp3) is 0.348. The summed E-state index contributed by atoms with van der Waals surface area (Å²) in [7, 11) is 1.89. The summed E-state index contributed by atoms with van der Waals surface area (Å²) < 4.78 is 7.88. The number of carbonyl (C=O) groups excluding carboxylic acids is 1. The van der Waals surface area contributed by atoms with Crippen LogP contribution in [-0.2, 0) is 18.3 Å². The lowest BCUT2D eigenvalue weighted by molar-refractivity contribution is -0.113. The number of anilines is 1. The van der Waals surface area contributed by atoms with Gasteiger partial charge in [-0.2, -0.15) is 0 Å². The molecule has 7 heteroatoms. The van der Waals surface area contributed by atoms with Crippen molar-refractivity contribution in [2.45, 2.75) is 45.4 Å². The predicted octanol–water partition coefficient (Wildman–Crippen LogP) is 4.87.